The number of carbonyl (C=O) groups excluding carboxylic acids is 2. The number of ether oxygens (including phenoxy) is 1. The third-order valence-corrected chi connectivity index (χ3v) is 7.00. The Morgan fingerprint density at radius 3 is 2.31 bits per heavy atom. The number of halogens is 2. The number of amides is 1. The lowest BCUT2D eigenvalue weighted by Gasteiger charge is -2.26. The first-order valence-corrected chi connectivity index (χ1v) is 12.2. The fraction of sp³-hybridized carbons (Fsp3) is 0.241. The number of carbonyl (C=O) groups is 2. The van der Waals surface area contributed by atoms with Crippen LogP contribution in [0.5, 0.6) is 5.75 Å². The molecule has 36 heavy (non-hydrogen) atoms. The fourth-order valence-corrected chi connectivity index (χ4v) is 4.78. The lowest BCUT2D eigenvalue weighted by atomic mass is 9.84. The van der Waals surface area contributed by atoms with Crippen LogP contribution >= 0.6 is 23.2 Å². The number of aliphatic hydroxyl groups is 1. The van der Waals surface area contributed by atoms with Gasteiger partial charge in [0.05, 0.1) is 28.8 Å². The Balaban J connectivity index is 1.98. The largest absolute Gasteiger partial charge is 0.507 e. The average Bonchev–Trinajstić information content (AvgIpc) is 3.10. The average molecular weight is 524 g/mol. The molecule has 1 saturated heterocycles. The second-order valence-electron chi connectivity index (χ2n) is 9.85. The highest BCUT2D eigenvalue weighted by Crippen LogP contribution is 2.44. The van der Waals surface area contributed by atoms with Crippen LogP contribution in [0.1, 0.15) is 49.1 Å². The number of hydrogen-bond acceptors (Lipinski definition) is 4. The molecule has 3 aromatic carbocycles. The van der Waals surface area contributed by atoms with Gasteiger partial charge >= 0.3 is 0 Å². The zero-order chi connectivity index (χ0) is 26.4. The molecule has 1 amide bonds. The Labute approximate surface area is 220 Å². The third kappa shape index (κ3) is 4.61. The molecular weight excluding hydrogens is 497 g/mol. The monoisotopic (exact) mass is 523 g/mol. The van der Waals surface area contributed by atoms with E-state index in [9.17, 15) is 14.7 Å². The van der Waals surface area contributed by atoms with Gasteiger partial charge in [0.15, 0.2) is 0 Å². The second kappa shape index (κ2) is 9.64. The molecule has 1 fully saturated rings. The van der Waals surface area contributed by atoms with Gasteiger partial charge in [0.2, 0.25) is 0 Å². The number of Topliss-reactive ketones (excluding diaryl/α,β-unsaturated/α-hetero) is 1. The highest BCUT2D eigenvalue weighted by atomic mass is 35.5. The molecule has 0 saturated carbocycles. The van der Waals surface area contributed by atoms with E-state index in [2.05, 4.69) is 0 Å². The van der Waals surface area contributed by atoms with Gasteiger partial charge in [0.1, 0.15) is 11.5 Å². The Morgan fingerprint density at radius 2 is 1.69 bits per heavy atom. The summed E-state index contributed by atoms with van der Waals surface area (Å²) >= 11 is 12.4. The van der Waals surface area contributed by atoms with E-state index in [1.54, 1.807) is 43.5 Å². The van der Waals surface area contributed by atoms with Crippen LogP contribution in [-0.2, 0) is 15.0 Å². The molecule has 1 unspecified atom stereocenters. The summed E-state index contributed by atoms with van der Waals surface area (Å²) in [6.07, 6.45) is 0. The molecule has 0 aliphatic carbocycles. The maximum atomic E-state index is 13.4. The molecule has 1 aliphatic heterocycles. The van der Waals surface area contributed by atoms with E-state index in [0.29, 0.717) is 27.6 Å². The number of benzene rings is 3. The number of hydrogen-bond donors (Lipinski definition) is 1. The van der Waals surface area contributed by atoms with Crippen molar-refractivity contribution in [3.05, 3.63) is 98.5 Å². The number of ketones is 1. The molecule has 1 atom stereocenters. The molecule has 0 spiro atoms. The van der Waals surface area contributed by atoms with Gasteiger partial charge in [-0.15, -0.1) is 0 Å². The second-order valence-corrected chi connectivity index (χ2v) is 10.7. The molecule has 0 radical (unpaired) electrons. The van der Waals surface area contributed by atoms with E-state index in [0.717, 1.165) is 11.1 Å². The van der Waals surface area contributed by atoms with Gasteiger partial charge in [0, 0.05) is 16.8 Å². The predicted octanol–water partition coefficient (Wildman–Crippen LogP) is 7.23. The Kier molecular flexibility index (Phi) is 6.91. The zero-order valence-corrected chi connectivity index (χ0v) is 22.2. The molecule has 0 bridgehead atoms. The van der Waals surface area contributed by atoms with Crippen molar-refractivity contribution < 1.29 is 19.4 Å². The smallest absolute Gasteiger partial charge is 0.300 e. The maximum Gasteiger partial charge on any atom is 0.300 e. The predicted molar refractivity (Wildman–Crippen MR) is 144 cm³/mol. The van der Waals surface area contributed by atoms with Gasteiger partial charge in [0.25, 0.3) is 11.7 Å². The van der Waals surface area contributed by atoms with Gasteiger partial charge in [-0.25, -0.2) is 0 Å². The van der Waals surface area contributed by atoms with E-state index in [1.807, 2.05) is 52.0 Å². The molecular formula is C29H27Cl2NO4. The third-order valence-electron chi connectivity index (χ3n) is 6.26. The summed E-state index contributed by atoms with van der Waals surface area (Å²) in [6.45, 7) is 8.02. The van der Waals surface area contributed by atoms with Crippen LogP contribution in [0.25, 0.3) is 5.76 Å². The van der Waals surface area contributed by atoms with Crippen molar-refractivity contribution in [2.24, 2.45) is 0 Å². The normalized spacial score (nSPS) is 17.5. The Hall–Kier alpha value is -3.28. The minimum absolute atomic E-state index is 0.00157. The molecule has 7 heteroatoms. The Bertz CT molecular complexity index is 1400. The van der Waals surface area contributed by atoms with Crippen molar-refractivity contribution in [2.45, 2.75) is 39.2 Å². The molecule has 3 aromatic rings. The molecule has 1 aliphatic rings. The first-order valence-electron chi connectivity index (χ1n) is 11.5. The number of methoxy groups -OCH3 is 1. The van der Waals surface area contributed by atoms with Crippen LogP contribution in [-0.4, -0.2) is 23.9 Å². The summed E-state index contributed by atoms with van der Waals surface area (Å²) in [7, 11) is 1.59. The first kappa shape index (κ1) is 25.8. The van der Waals surface area contributed by atoms with Crippen LogP contribution < -0.4 is 9.64 Å². The van der Waals surface area contributed by atoms with Crippen LogP contribution in [0.2, 0.25) is 10.0 Å². The lowest BCUT2D eigenvalue weighted by molar-refractivity contribution is -0.132. The number of rotatable bonds is 4. The topological polar surface area (TPSA) is 66.8 Å². The highest BCUT2D eigenvalue weighted by molar-refractivity contribution is 6.52. The van der Waals surface area contributed by atoms with Crippen LogP contribution in [0.3, 0.4) is 0 Å². The van der Waals surface area contributed by atoms with E-state index in [4.69, 9.17) is 27.9 Å². The van der Waals surface area contributed by atoms with Gasteiger partial charge in [-0.05, 0) is 54.3 Å². The fourth-order valence-electron chi connectivity index (χ4n) is 4.49. The minimum atomic E-state index is -0.859. The molecule has 4 rings (SSSR count). The summed E-state index contributed by atoms with van der Waals surface area (Å²) in [5, 5.41) is 12.1. The number of aryl methyl sites for hydroxylation is 1. The quantitative estimate of drug-likeness (QED) is 0.222. The minimum Gasteiger partial charge on any atom is -0.507 e. The van der Waals surface area contributed by atoms with Crippen LogP contribution in [0, 0.1) is 6.92 Å². The van der Waals surface area contributed by atoms with E-state index >= 15 is 0 Å². The molecule has 186 valence electrons. The van der Waals surface area contributed by atoms with Crippen molar-refractivity contribution in [3.63, 3.8) is 0 Å². The van der Waals surface area contributed by atoms with E-state index in [1.165, 1.54) is 4.90 Å². The van der Waals surface area contributed by atoms with Crippen molar-refractivity contribution in [3.8, 4) is 5.75 Å². The van der Waals surface area contributed by atoms with Crippen molar-refractivity contribution in [2.75, 3.05) is 12.0 Å². The summed E-state index contributed by atoms with van der Waals surface area (Å²) in [5.41, 5.74) is 3.04. The first-order chi connectivity index (χ1) is 16.9. The van der Waals surface area contributed by atoms with Crippen LogP contribution in [0.15, 0.2) is 66.2 Å². The van der Waals surface area contributed by atoms with Crippen molar-refractivity contribution in [1.82, 2.24) is 0 Å². The summed E-state index contributed by atoms with van der Waals surface area (Å²) in [5.74, 6) is -1.12. The molecule has 1 N–H and O–H groups in total. The summed E-state index contributed by atoms with van der Waals surface area (Å²) < 4.78 is 5.52. The number of anilines is 1. The van der Waals surface area contributed by atoms with Gasteiger partial charge in [-0.2, -0.15) is 0 Å². The van der Waals surface area contributed by atoms with Gasteiger partial charge < -0.3 is 9.84 Å². The van der Waals surface area contributed by atoms with Gasteiger partial charge in [-0.3, -0.25) is 14.5 Å². The van der Waals surface area contributed by atoms with E-state index in [-0.39, 0.29) is 21.8 Å². The maximum absolute atomic E-state index is 13.4. The Morgan fingerprint density at radius 1 is 0.972 bits per heavy atom. The number of nitrogens with zero attached hydrogens (tertiary/aromatic N) is 1. The number of aliphatic hydroxyl groups excluding tert-OH is 1. The van der Waals surface area contributed by atoms with Crippen LogP contribution in [0.4, 0.5) is 5.69 Å². The molecule has 1 heterocycles. The summed E-state index contributed by atoms with van der Waals surface area (Å²) in [6, 6.07) is 16.6. The standard InChI is InChI=1S/C29H27Cl2NO4/c1-16-7-6-8-17(13-16)25-24(26(33)18-9-12-23(36-5)20(14-18)29(2,3)4)27(34)28(35)32(25)19-10-11-21(30)22(31)15-19/h6-15,25,33H,1-5H3/b26-24-. The van der Waals surface area contributed by atoms with Gasteiger partial charge in [-0.1, -0.05) is 73.8 Å². The SMILES string of the molecule is COc1ccc(/C(O)=C2/C(=O)C(=O)N(c3ccc(Cl)c(Cl)c3)C2c2cccc(C)c2)cc1C(C)(C)C. The molecule has 5 nitrogen and oxygen atoms in total. The summed E-state index contributed by atoms with van der Waals surface area (Å²) in [4.78, 5) is 28.2. The molecule has 0 aromatic heterocycles. The van der Waals surface area contributed by atoms with Crippen molar-refractivity contribution in [1.29, 1.82) is 0 Å². The zero-order valence-electron chi connectivity index (χ0n) is 20.7. The van der Waals surface area contributed by atoms with Crippen molar-refractivity contribution >= 4 is 46.3 Å². The highest BCUT2D eigenvalue weighted by Gasteiger charge is 2.47. The lowest BCUT2D eigenvalue weighted by Crippen LogP contribution is -2.29. The van der Waals surface area contributed by atoms with E-state index < -0.39 is 17.7 Å².